The van der Waals surface area contributed by atoms with E-state index < -0.39 is 0 Å². The molecule has 0 radical (unpaired) electrons. The zero-order valence-corrected chi connectivity index (χ0v) is 9.88. The Morgan fingerprint density at radius 3 is 2.73 bits per heavy atom. The maximum Gasteiger partial charge on any atom is 0.0396 e. The molecule has 0 aromatic heterocycles. The van der Waals surface area contributed by atoms with Crippen molar-refractivity contribution < 1.29 is 0 Å². The molecule has 0 atom stereocenters. The number of rotatable bonds is 1. The summed E-state index contributed by atoms with van der Waals surface area (Å²) >= 11 is 0. The van der Waals surface area contributed by atoms with E-state index >= 15 is 0 Å². The van der Waals surface area contributed by atoms with Crippen LogP contribution in [0, 0.1) is 0 Å². The minimum absolute atomic E-state index is 0.231. The average molecular weight is 204 g/mol. The van der Waals surface area contributed by atoms with Crippen LogP contribution < -0.4 is 10.6 Å². The first-order chi connectivity index (χ1) is 6.98. The fraction of sp³-hybridized carbons (Fsp3) is 0.538. The second-order valence-corrected chi connectivity index (χ2v) is 5.09. The largest absolute Gasteiger partial charge is 0.374 e. The maximum atomic E-state index is 6.11. The summed E-state index contributed by atoms with van der Waals surface area (Å²) in [4.78, 5) is 2.33. The first-order valence-electron chi connectivity index (χ1n) is 5.62. The third-order valence-corrected chi connectivity index (χ3v) is 3.17. The summed E-state index contributed by atoms with van der Waals surface area (Å²) in [6.45, 7) is 5.28. The fourth-order valence-electron chi connectivity index (χ4n) is 2.19. The van der Waals surface area contributed by atoms with Gasteiger partial charge in [-0.25, -0.2) is 0 Å². The topological polar surface area (TPSA) is 29.3 Å². The second kappa shape index (κ2) is 3.53. The van der Waals surface area contributed by atoms with Gasteiger partial charge in [0.1, 0.15) is 0 Å². The molecular weight excluding hydrogens is 184 g/mol. The molecule has 0 bridgehead atoms. The predicted molar refractivity (Wildman–Crippen MR) is 65.2 cm³/mol. The molecule has 1 aromatic carbocycles. The lowest BCUT2D eigenvalue weighted by atomic mass is 9.91. The molecule has 0 unspecified atom stereocenters. The zero-order valence-electron chi connectivity index (χ0n) is 9.88. The highest BCUT2D eigenvalue weighted by Gasteiger charge is 2.18. The molecule has 1 aromatic rings. The summed E-state index contributed by atoms with van der Waals surface area (Å²) in [5, 5.41) is 0. The van der Waals surface area contributed by atoms with Crippen molar-refractivity contribution in [3.8, 4) is 0 Å². The van der Waals surface area contributed by atoms with Gasteiger partial charge in [-0.2, -0.15) is 0 Å². The van der Waals surface area contributed by atoms with Gasteiger partial charge in [0.25, 0.3) is 0 Å². The first-order valence-corrected chi connectivity index (χ1v) is 5.62. The van der Waals surface area contributed by atoms with Gasteiger partial charge in [-0.05, 0) is 43.9 Å². The number of hydrogen-bond acceptors (Lipinski definition) is 2. The average Bonchev–Trinajstić information content (AvgIpc) is 2.16. The van der Waals surface area contributed by atoms with Crippen LogP contribution in [0.15, 0.2) is 18.2 Å². The van der Waals surface area contributed by atoms with Crippen LogP contribution in [0.4, 0.5) is 5.69 Å². The van der Waals surface area contributed by atoms with E-state index in [4.69, 9.17) is 5.73 Å². The molecule has 0 amide bonds. The molecule has 15 heavy (non-hydrogen) atoms. The quantitative estimate of drug-likeness (QED) is 0.760. The van der Waals surface area contributed by atoms with E-state index in [1.165, 1.54) is 36.2 Å². The summed E-state index contributed by atoms with van der Waals surface area (Å²) in [5.41, 5.74) is 9.93. The first kappa shape index (κ1) is 10.5. The minimum atomic E-state index is -0.231. The Bertz CT molecular complexity index is 363. The molecule has 2 rings (SSSR count). The Morgan fingerprint density at radius 2 is 2.07 bits per heavy atom. The highest BCUT2D eigenvalue weighted by Crippen LogP contribution is 2.29. The smallest absolute Gasteiger partial charge is 0.0396 e. The number of nitrogens with zero attached hydrogens (tertiary/aromatic N) is 1. The Morgan fingerprint density at radius 1 is 1.33 bits per heavy atom. The molecule has 1 aliphatic rings. The molecule has 82 valence electrons. The molecular formula is C13H20N2. The summed E-state index contributed by atoms with van der Waals surface area (Å²) in [7, 11) is 2.16. The second-order valence-electron chi connectivity index (χ2n) is 5.09. The van der Waals surface area contributed by atoms with Gasteiger partial charge in [-0.15, -0.1) is 0 Å². The van der Waals surface area contributed by atoms with E-state index in [9.17, 15) is 0 Å². The molecule has 0 fully saturated rings. The lowest BCUT2D eigenvalue weighted by molar-refractivity contribution is 0.553. The number of benzene rings is 1. The standard InChI is InChI=1S/C13H20N2/c1-13(2,14)11-6-7-12-10(9-11)5-4-8-15(12)3/h6-7,9H,4-5,8,14H2,1-3H3. The fourth-order valence-corrected chi connectivity index (χ4v) is 2.19. The van der Waals surface area contributed by atoms with E-state index in [-0.39, 0.29) is 5.54 Å². The van der Waals surface area contributed by atoms with Gasteiger partial charge in [0.15, 0.2) is 0 Å². The molecule has 2 N–H and O–H groups in total. The van der Waals surface area contributed by atoms with Crippen molar-refractivity contribution in [1.82, 2.24) is 0 Å². The van der Waals surface area contributed by atoms with E-state index in [1.807, 2.05) is 0 Å². The van der Waals surface area contributed by atoms with Gasteiger partial charge in [0, 0.05) is 24.8 Å². The van der Waals surface area contributed by atoms with Crippen LogP contribution in [0.25, 0.3) is 0 Å². The highest BCUT2D eigenvalue weighted by atomic mass is 15.1. The van der Waals surface area contributed by atoms with E-state index in [0.717, 1.165) is 0 Å². The van der Waals surface area contributed by atoms with Crippen molar-refractivity contribution in [2.45, 2.75) is 32.2 Å². The molecule has 2 heteroatoms. The van der Waals surface area contributed by atoms with Crippen molar-refractivity contribution in [3.05, 3.63) is 29.3 Å². The van der Waals surface area contributed by atoms with Crippen LogP contribution in [0.1, 0.15) is 31.4 Å². The lowest BCUT2D eigenvalue weighted by Gasteiger charge is -2.29. The molecule has 0 aliphatic carbocycles. The summed E-state index contributed by atoms with van der Waals surface area (Å²) in [6, 6.07) is 6.63. The van der Waals surface area contributed by atoms with Crippen molar-refractivity contribution in [2.24, 2.45) is 5.73 Å². The normalized spacial score (nSPS) is 16.4. The van der Waals surface area contributed by atoms with Gasteiger partial charge in [0.05, 0.1) is 0 Å². The lowest BCUT2D eigenvalue weighted by Crippen LogP contribution is -2.30. The monoisotopic (exact) mass is 204 g/mol. The number of anilines is 1. The summed E-state index contributed by atoms with van der Waals surface area (Å²) < 4.78 is 0. The third-order valence-electron chi connectivity index (χ3n) is 3.17. The molecule has 0 spiro atoms. The predicted octanol–water partition coefficient (Wildman–Crippen LogP) is 2.26. The van der Waals surface area contributed by atoms with Gasteiger partial charge in [-0.1, -0.05) is 12.1 Å². The van der Waals surface area contributed by atoms with Crippen LogP contribution >= 0.6 is 0 Å². The van der Waals surface area contributed by atoms with Crippen LogP contribution in [-0.2, 0) is 12.0 Å². The maximum absolute atomic E-state index is 6.11. The van der Waals surface area contributed by atoms with Crippen molar-refractivity contribution >= 4 is 5.69 Å². The number of aryl methyl sites for hydroxylation is 1. The molecule has 0 saturated heterocycles. The zero-order chi connectivity index (χ0) is 11.1. The van der Waals surface area contributed by atoms with Gasteiger partial charge < -0.3 is 10.6 Å². The Hall–Kier alpha value is -1.02. The third kappa shape index (κ3) is 2.00. The molecule has 1 aliphatic heterocycles. The SMILES string of the molecule is CN1CCCc2cc(C(C)(C)N)ccc21. The molecule has 2 nitrogen and oxygen atoms in total. The minimum Gasteiger partial charge on any atom is -0.374 e. The van der Waals surface area contributed by atoms with Gasteiger partial charge in [0.2, 0.25) is 0 Å². The highest BCUT2D eigenvalue weighted by molar-refractivity contribution is 5.56. The summed E-state index contributed by atoms with van der Waals surface area (Å²) in [6.07, 6.45) is 2.43. The Balaban J connectivity index is 2.42. The van der Waals surface area contributed by atoms with Gasteiger partial charge >= 0.3 is 0 Å². The Labute approximate surface area is 92.1 Å². The Kier molecular flexibility index (Phi) is 2.47. The van der Waals surface area contributed by atoms with Crippen LogP contribution in [0.5, 0.6) is 0 Å². The molecule has 0 saturated carbocycles. The number of hydrogen-bond donors (Lipinski definition) is 1. The van der Waals surface area contributed by atoms with Crippen molar-refractivity contribution in [2.75, 3.05) is 18.5 Å². The van der Waals surface area contributed by atoms with Crippen LogP contribution in [0.2, 0.25) is 0 Å². The summed E-state index contributed by atoms with van der Waals surface area (Å²) in [5.74, 6) is 0. The van der Waals surface area contributed by atoms with E-state index in [2.05, 4.69) is 44.0 Å². The van der Waals surface area contributed by atoms with Crippen LogP contribution in [-0.4, -0.2) is 13.6 Å². The molecule has 1 heterocycles. The van der Waals surface area contributed by atoms with Crippen molar-refractivity contribution in [3.63, 3.8) is 0 Å². The van der Waals surface area contributed by atoms with E-state index in [1.54, 1.807) is 0 Å². The van der Waals surface area contributed by atoms with Gasteiger partial charge in [-0.3, -0.25) is 0 Å². The van der Waals surface area contributed by atoms with E-state index in [0.29, 0.717) is 0 Å². The van der Waals surface area contributed by atoms with Crippen molar-refractivity contribution in [1.29, 1.82) is 0 Å². The van der Waals surface area contributed by atoms with Crippen LogP contribution in [0.3, 0.4) is 0 Å². The number of nitrogens with two attached hydrogens (primary N) is 1. The number of fused-ring (bicyclic) bond motifs is 1.